The molecule has 4 rings (SSSR count). The van der Waals surface area contributed by atoms with Crippen LogP contribution in [0.3, 0.4) is 0 Å². The van der Waals surface area contributed by atoms with Crippen LogP contribution >= 0.6 is 0 Å². The molecule has 0 N–H and O–H groups in total. The topological polar surface area (TPSA) is 3.24 Å². The van der Waals surface area contributed by atoms with Gasteiger partial charge in [0.2, 0.25) is 0 Å². The number of hydrogen-bond donors (Lipinski definition) is 0. The van der Waals surface area contributed by atoms with Crippen molar-refractivity contribution < 1.29 is 8.78 Å². The Morgan fingerprint density at radius 3 is 2.46 bits per heavy atom. The molecule has 1 fully saturated rings. The maximum atomic E-state index is 13.5. The number of nitrogens with zero attached hydrogens (tertiary/aromatic N) is 1. The van der Waals surface area contributed by atoms with Gasteiger partial charge >= 0.3 is 0 Å². The van der Waals surface area contributed by atoms with E-state index in [4.69, 9.17) is 0 Å². The number of hydrogen-bond acceptors (Lipinski definition) is 1. The van der Waals surface area contributed by atoms with Crippen molar-refractivity contribution in [3.63, 3.8) is 0 Å². The van der Waals surface area contributed by atoms with E-state index in [2.05, 4.69) is 24.0 Å². The predicted molar refractivity (Wildman–Crippen MR) is 93.0 cm³/mol. The van der Waals surface area contributed by atoms with Crippen molar-refractivity contribution in [3.8, 4) is 11.1 Å². The van der Waals surface area contributed by atoms with Crippen LogP contribution in [-0.4, -0.2) is 23.5 Å². The highest BCUT2D eigenvalue weighted by atomic mass is 19.2. The van der Waals surface area contributed by atoms with E-state index in [9.17, 15) is 8.78 Å². The van der Waals surface area contributed by atoms with Gasteiger partial charge in [0.05, 0.1) is 0 Å². The first-order chi connectivity index (χ1) is 11.6. The molecule has 1 aliphatic carbocycles. The number of rotatable bonds is 2. The Morgan fingerprint density at radius 2 is 1.71 bits per heavy atom. The fourth-order valence-electron chi connectivity index (χ4n) is 4.37. The minimum Gasteiger partial charge on any atom is -0.297 e. The Bertz CT molecular complexity index is 755. The van der Waals surface area contributed by atoms with Crippen molar-refractivity contribution in [1.29, 1.82) is 0 Å². The van der Waals surface area contributed by atoms with Crippen molar-refractivity contribution >= 4 is 0 Å². The molecule has 0 aromatic heterocycles. The van der Waals surface area contributed by atoms with Crippen LogP contribution in [0.25, 0.3) is 11.1 Å². The first-order valence-electron chi connectivity index (χ1n) is 8.95. The zero-order valence-corrected chi connectivity index (χ0v) is 14.1. The van der Waals surface area contributed by atoms with Crippen molar-refractivity contribution in [2.75, 3.05) is 6.54 Å². The van der Waals surface area contributed by atoms with E-state index in [0.29, 0.717) is 12.1 Å². The third-order valence-corrected chi connectivity index (χ3v) is 5.74. The first-order valence-corrected chi connectivity index (χ1v) is 8.95. The monoisotopic (exact) mass is 327 g/mol. The van der Waals surface area contributed by atoms with Crippen LogP contribution < -0.4 is 0 Å². The summed E-state index contributed by atoms with van der Waals surface area (Å²) in [5, 5.41) is 0. The first kappa shape index (κ1) is 15.8. The van der Waals surface area contributed by atoms with E-state index in [-0.39, 0.29) is 0 Å². The van der Waals surface area contributed by atoms with Crippen LogP contribution in [0.1, 0.15) is 37.3 Å². The molecule has 0 amide bonds. The smallest absolute Gasteiger partial charge is 0.159 e. The normalized spacial score (nSPS) is 24.1. The van der Waals surface area contributed by atoms with Gasteiger partial charge in [-0.1, -0.05) is 24.3 Å². The molecule has 126 valence electrons. The molecule has 2 aliphatic rings. The zero-order chi connectivity index (χ0) is 16.7. The summed E-state index contributed by atoms with van der Waals surface area (Å²) in [6, 6.07) is 11.9. The summed E-state index contributed by atoms with van der Waals surface area (Å²) < 4.78 is 26.6. The standard InChI is InChI=1S/C21H23F2N/c1-14-3-2-10-24(14)19-8-6-16-11-15(4-5-17(16)12-19)18-7-9-20(22)21(23)13-18/h4-5,7,9,11,13-14,19H,2-3,6,8,10,12H2,1H3. The fraction of sp³-hybridized carbons (Fsp3) is 0.429. The third-order valence-electron chi connectivity index (χ3n) is 5.74. The molecule has 1 saturated heterocycles. The lowest BCUT2D eigenvalue weighted by atomic mass is 9.85. The second kappa shape index (κ2) is 6.29. The average molecular weight is 327 g/mol. The lowest BCUT2D eigenvalue weighted by Crippen LogP contribution is -2.41. The zero-order valence-electron chi connectivity index (χ0n) is 14.1. The summed E-state index contributed by atoms with van der Waals surface area (Å²) in [6.45, 7) is 3.57. The van der Waals surface area contributed by atoms with Gasteiger partial charge in [0.1, 0.15) is 0 Å². The maximum absolute atomic E-state index is 13.5. The van der Waals surface area contributed by atoms with Crippen LogP contribution in [-0.2, 0) is 12.8 Å². The molecule has 24 heavy (non-hydrogen) atoms. The van der Waals surface area contributed by atoms with Gasteiger partial charge in [-0.3, -0.25) is 4.90 Å². The van der Waals surface area contributed by atoms with Crippen molar-refractivity contribution in [3.05, 3.63) is 59.2 Å². The predicted octanol–water partition coefficient (Wildman–Crippen LogP) is 4.97. The largest absolute Gasteiger partial charge is 0.297 e. The summed E-state index contributed by atoms with van der Waals surface area (Å²) >= 11 is 0. The number of fused-ring (bicyclic) bond motifs is 1. The number of likely N-dealkylation sites (tertiary alicyclic amines) is 1. The van der Waals surface area contributed by atoms with Gasteiger partial charge in [0.25, 0.3) is 0 Å². The van der Waals surface area contributed by atoms with Crippen molar-refractivity contribution in [2.45, 2.75) is 51.1 Å². The van der Waals surface area contributed by atoms with Gasteiger partial charge in [-0.15, -0.1) is 0 Å². The van der Waals surface area contributed by atoms with Crippen LogP contribution in [0.5, 0.6) is 0 Å². The Kier molecular flexibility index (Phi) is 4.13. The summed E-state index contributed by atoms with van der Waals surface area (Å²) in [6.07, 6.45) is 6.01. The minimum absolute atomic E-state index is 0.657. The average Bonchev–Trinajstić information content (AvgIpc) is 3.02. The molecule has 2 aromatic rings. The van der Waals surface area contributed by atoms with Gasteiger partial charge in [0.15, 0.2) is 11.6 Å². The molecule has 2 aromatic carbocycles. The molecular weight excluding hydrogens is 304 g/mol. The molecule has 0 spiro atoms. The Morgan fingerprint density at radius 1 is 0.917 bits per heavy atom. The molecule has 2 atom stereocenters. The molecule has 0 bridgehead atoms. The summed E-state index contributed by atoms with van der Waals surface area (Å²) in [5.41, 5.74) is 4.49. The lowest BCUT2D eigenvalue weighted by molar-refractivity contribution is 0.174. The van der Waals surface area contributed by atoms with Gasteiger partial charge < -0.3 is 0 Å². The van der Waals surface area contributed by atoms with Gasteiger partial charge in [-0.25, -0.2) is 8.78 Å². The summed E-state index contributed by atoms with van der Waals surface area (Å²) in [5.74, 6) is -1.58. The molecule has 1 heterocycles. The SMILES string of the molecule is CC1CCCN1C1CCc2cc(-c3ccc(F)c(F)c3)ccc2C1. The second-order valence-corrected chi connectivity index (χ2v) is 7.24. The minimum atomic E-state index is -0.792. The van der Waals surface area contributed by atoms with E-state index in [1.165, 1.54) is 49.1 Å². The molecule has 0 radical (unpaired) electrons. The molecule has 1 aliphatic heterocycles. The Balaban J connectivity index is 1.57. The summed E-state index contributed by atoms with van der Waals surface area (Å²) in [4.78, 5) is 2.67. The van der Waals surface area contributed by atoms with E-state index < -0.39 is 11.6 Å². The van der Waals surface area contributed by atoms with E-state index in [1.54, 1.807) is 6.07 Å². The van der Waals surface area contributed by atoms with E-state index in [0.717, 1.165) is 24.0 Å². The molecule has 3 heteroatoms. The van der Waals surface area contributed by atoms with Crippen LogP contribution in [0.4, 0.5) is 8.78 Å². The highest BCUT2D eigenvalue weighted by molar-refractivity contribution is 5.65. The highest BCUT2D eigenvalue weighted by Gasteiger charge is 2.30. The van der Waals surface area contributed by atoms with Gasteiger partial charge in [-0.05, 0) is 80.0 Å². The van der Waals surface area contributed by atoms with Crippen LogP contribution in [0, 0.1) is 11.6 Å². The maximum Gasteiger partial charge on any atom is 0.159 e. The quantitative estimate of drug-likeness (QED) is 0.752. The van der Waals surface area contributed by atoms with E-state index in [1.807, 2.05) is 6.07 Å². The molecular formula is C21H23F2N. The highest BCUT2D eigenvalue weighted by Crippen LogP contribution is 2.32. The fourth-order valence-corrected chi connectivity index (χ4v) is 4.37. The Labute approximate surface area is 142 Å². The Hall–Kier alpha value is -1.74. The van der Waals surface area contributed by atoms with Crippen LogP contribution in [0.15, 0.2) is 36.4 Å². The lowest BCUT2D eigenvalue weighted by Gasteiger charge is -2.35. The second-order valence-electron chi connectivity index (χ2n) is 7.24. The van der Waals surface area contributed by atoms with E-state index >= 15 is 0 Å². The van der Waals surface area contributed by atoms with Crippen LogP contribution in [0.2, 0.25) is 0 Å². The number of halogens is 2. The van der Waals surface area contributed by atoms with Gasteiger partial charge in [0, 0.05) is 12.1 Å². The van der Waals surface area contributed by atoms with Gasteiger partial charge in [-0.2, -0.15) is 0 Å². The molecule has 1 nitrogen and oxygen atoms in total. The summed E-state index contributed by atoms with van der Waals surface area (Å²) in [7, 11) is 0. The molecule has 0 saturated carbocycles. The third kappa shape index (κ3) is 2.86. The van der Waals surface area contributed by atoms with Crippen molar-refractivity contribution in [1.82, 2.24) is 4.90 Å². The van der Waals surface area contributed by atoms with Crippen molar-refractivity contribution in [2.24, 2.45) is 0 Å². The molecule has 2 unspecified atom stereocenters. The number of aryl methyl sites for hydroxylation is 1. The number of benzene rings is 2.